The van der Waals surface area contributed by atoms with Crippen molar-refractivity contribution < 1.29 is 0 Å². The minimum atomic E-state index is 0.720. The summed E-state index contributed by atoms with van der Waals surface area (Å²) >= 11 is 0. The first-order valence-corrected chi connectivity index (χ1v) is 8.06. The van der Waals surface area contributed by atoms with Crippen LogP contribution in [0.25, 0.3) is 10.9 Å². The van der Waals surface area contributed by atoms with E-state index in [1.807, 2.05) is 0 Å². The molecule has 0 saturated carbocycles. The van der Waals surface area contributed by atoms with E-state index in [4.69, 9.17) is 5.73 Å². The molecular formula is C18H28N2. The minimum Gasteiger partial charge on any atom is -0.347 e. The van der Waals surface area contributed by atoms with Gasteiger partial charge >= 0.3 is 0 Å². The maximum absolute atomic E-state index is 5.75. The van der Waals surface area contributed by atoms with Crippen molar-refractivity contribution in [2.24, 2.45) is 11.7 Å². The number of hydrogen-bond donors (Lipinski definition) is 1. The molecule has 0 saturated heterocycles. The van der Waals surface area contributed by atoms with Gasteiger partial charge in [-0.1, -0.05) is 51.3 Å². The lowest BCUT2D eigenvalue weighted by Crippen LogP contribution is -2.11. The van der Waals surface area contributed by atoms with Crippen LogP contribution in [0.2, 0.25) is 0 Å². The molecule has 0 radical (unpaired) electrons. The lowest BCUT2D eigenvalue weighted by atomic mass is 9.99. The Morgan fingerprint density at radius 1 is 1.20 bits per heavy atom. The molecule has 1 aromatic heterocycles. The van der Waals surface area contributed by atoms with Crippen LogP contribution >= 0.6 is 0 Å². The average Bonchev–Trinajstić information content (AvgIpc) is 2.88. The van der Waals surface area contributed by atoms with E-state index in [-0.39, 0.29) is 0 Å². The molecule has 1 atom stereocenters. The standard InChI is InChI=1S/C18H28N2/c1-3-5-7-15(4-2)14-20-13-11-17-9-6-8-16(10-12-19)18(17)20/h6,8-9,11,13,15H,3-5,7,10,12,14,19H2,1-2H3. The van der Waals surface area contributed by atoms with Gasteiger partial charge in [-0.2, -0.15) is 0 Å². The summed E-state index contributed by atoms with van der Waals surface area (Å²) in [5.41, 5.74) is 8.54. The first-order valence-electron chi connectivity index (χ1n) is 8.06. The topological polar surface area (TPSA) is 30.9 Å². The zero-order valence-electron chi connectivity index (χ0n) is 12.9. The first kappa shape index (κ1) is 15.1. The van der Waals surface area contributed by atoms with Gasteiger partial charge in [0, 0.05) is 12.7 Å². The van der Waals surface area contributed by atoms with E-state index in [1.54, 1.807) is 0 Å². The van der Waals surface area contributed by atoms with Gasteiger partial charge in [0.1, 0.15) is 0 Å². The molecule has 2 nitrogen and oxygen atoms in total. The van der Waals surface area contributed by atoms with Crippen LogP contribution in [0.1, 0.15) is 45.1 Å². The smallest absolute Gasteiger partial charge is 0.0513 e. The summed E-state index contributed by atoms with van der Waals surface area (Å²) in [6.45, 7) is 6.45. The number of nitrogens with zero attached hydrogens (tertiary/aromatic N) is 1. The number of para-hydroxylation sites is 1. The SMILES string of the molecule is CCCCC(CC)Cn1ccc2cccc(CCN)c21. The number of hydrogen-bond acceptors (Lipinski definition) is 1. The summed E-state index contributed by atoms with van der Waals surface area (Å²) in [6, 6.07) is 8.81. The Kier molecular flexibility index (Phi) is 5.66. The lowest BCUT2D eigenvalue weighted by Gasteiger charge is -2.17. The molecule has 1 heterocycles. The number of benzene rings is 1. The normalized spacial score (nSPS) is 12.9. The fourth-order valence-electron chi connectivity index (χ4n) is 3.05. The van der Waals surface area contributed by atoms with Crippen molar-refractivity contribution >= 4 is 10.9 Å². The van der Waals surface area contributed by atoms with Gasteiger partial charge < -0.3 is 10.3 Å². The van der Waals surface area contributed by atoms with Crippen LogP contribution < -0.4 is 5.73 Å². The Bertz CT molecular complexity index is 527. The van der Waals surface area contributed by atoms with Crippen molar-refractivity contribution in [2.45, 2.75) is 52.5 Å². The Morgan fingerprint density at radius 2 is 2.05 bits per heavy atom. The molecule has 0 aliphatic heterocycles. The van der Waals surface area contributed by atoms with Gasteiger partial charge in [-0.3, -0.25) is 0 Å². The van der Waals surface area contributed by atoms with E-state index >= 15 is 0 Å². The summed E-state index contributed by atoms with van der Waals surface area (Å²) < 4.78 is 2.45. The van der Waals surface area contributed by atoms with Gasteiger partial charge in [0.25, 0.3) is 0 Å². The van der Waals surface area contributed by atoms with Gasteiger partial charge in [-0.25, -0.2) is 0 Å². The van der Waals surface area contributed by atoms with E-state index in [0.717, 1.165) is 25.4 Å². The minimum absolute atomic E-state index is 0.720. The number of aromatic nitrogens is 1. The quantitative estimate of drug-likeness (QED) is 0.760. The van der Waals surface area contributed by atoms with Crippen molar-refractivity contribution in [2.75, 3.05) is 6.54 Å². The van der Waals surface area contributed by atoms with E-state index < -0.39 is 0 Å². The molecule has 2 rings (SSSR count). The third kappa shape index (κ3) is 3.43. The molecule has 20 heavy (non-hydrogen) atoms. The molecule has 0 bridgehead atoms. The number of unbranched alkanes of at least 4 members (excludes halogenated alkanes) is 1. The van der Waals surface area contributed by atoms with E-state index in [9.17, 15) is 0 Å². The summed E-state index contributed by atoms with van der Waals surface area (Å²) in [5.74, 6) is 0.788. The van der Waals surface area contributed by atoms with Gasteiger partial charge in [-0.15, -0.1) is 0 Å². The second kappa shape index (κ2) is 7.49. The molecule has 1 aromatic carbocycles. The van der Waals surface area contributed by atoms with Crippen molar-refractivity contribution in [3.63, 3.8) is 0 Å². The summed E-state index contributed by atoms with van der Waals surface area (Å²) in [5, 5.41) is 1.35. The maximum Gasteiger partial charge on any atom is 0.0513 e. The van der Waals surface area contributed by atoms with Crippen LogP contribution in [0.4, 0.5) is 0 Å². The van der Waals surface area contributed by atoms with E-state index in [0.29, 0.717) is 0 Å². The molecule has 0 amide bonds. The monoisotopic (exact) mass is 272 g/mol. The number of fused-ring (bicyclic) bond motifs is 1. The summed E-state index contributed by atoms with van der Waals surface area (Å²) in [7, 11) is 0. The van der Waals surface area contributed by atoms with E-state index in [2.05, 4.69) is 48.9 Å². The molecule has 110 valence electrons. The van der Waals surface area contributed by atoms with Gasteiger partial charge in [-0.05, 0) is 42.3 Å². The highest BCUT2D eigenvalue weighted by Crippen LogP contribution is 2.24. The van der Waals surface area contributed by atoms with Crippen LogP contribution in [0.5, 0.6) is 0 Å². The Balaban J connectivity index is 2.24. The van der Waals surface area contributed by atoms with Crippen molar-refractivity contribution in [1.82, 2.24) is 4.57 Å². The molecule has 0 aliphatic carbocycles. The number of nitrogens with two attached hydrogens (primary N) is 1. The Hall–Kier alpha value is -1.28. The summed E-state index contributed by atoms with van der Waals surface area (Å²) in [6.07, 6.45) is 8.45. The van der Waals surface area contributed by atoms with E-state index in [1.165, 1.54) is 42.1 Å². The van der Waals surface area contributed by atoms with Crippen molar-refractivity contribution in [3.05, 3.63) is 36.0 Å². The molecule has 2 aromatic rings. The highest BCUT2D eigenvalue weighted by molar-refractivity contribution is 5.83. The van der Waals surface area contributed by atoms with Crippen molar-refractivity contribution in [1.29, 1.82) is 0 Å². The molecule has 1 unspecified atom stereocenters. The molecule has 2 N–H and O–H groups in total. The molecule has 0 spiro atoms. The summed E-state index contributed by atoms with van der Waals surface area (Å²) in [4.78, 5) is 0. The molecule has 0 fully saturated rings. The Labute approximate surface area is 123 Å². The average molecular weight is 272 g/mol. The zero-order valence-corrected chi connectivity index (χ0v) is 12.9. The van der Waals surface area contributed by atoms with Crippen LogP contribution in [-0.2, 0) is 13.0 Å². The predicted octanol–water partition coefficient (Wildman–Crippen LogP) is 4.36. The van der Waals surface area contributed by atoms with Crippen LogP contribution in [0.3, 0.4) is 0 Å². The van der Waals surface area contributed by atoms with Gasteiger partial charge in [0.2, 0.25) is 0 Å². The third-order valence-corrected chi connectivity index (χ3v) is 4.28. The highest BCUT2D eigenvalue weighted by Gasteiger charge is 2.11. The lowest BCUT2D eigenvalue weighted by molar-refractivity contribution is 0.396. The molecular weight excluding hydrogens is 244 g/mol. The second-order valence-electron chi connectivity index (χ2n) is 5.78. The third-order valence-electron chi connectivity index (χ3n) is 4.28. The number of rotatable bonds is 8. The second-order valence-corrected chi connectivity index (χ2v) is 5.78. The molecule has 0 aliphatic rings. The highest BCUT2D eigenvalue weighted by atomic mass is 15.0. The maximum atomic E-state index is 5.75. The van der Waals surface area contributed by atoms with Crippen LogP contribution in [-0.4, -0.2) is 11.1 Å². The van der Waals surface area contributed by atoms with Crippen LogP contribution in [0.15, 0.2) is 30.5 Å². The van der Waals surface area contributed by atoms with Crippen molar-refractivity contribution in [3.8, 4) is 0 Å². The largest absolute Gasteiger partial charge is 0.347 e. The predicted molar refractivity (Wildman–Crippen MR) is 88.0 cm³/mol. The Morgan fingerprint density at radius 3 is 2.75 bits per heavy atom. The fraction of sp³-hybridized carbons (Fsp3) is 0.556. The first-order chi connectivity index (χ1) is 9.80. The van der Waals surface area contributed by atoms with Gasteiger partial charge in [0.05, 0.1) is 5.52 Å². The van der Waals surface area contributed by atoms with Gasteiger partial charge in [0.15, 0.2) is 0 Å². The van der Waals surface area contributed by atoms with Crippen LogP contribution in [0, 0.1) is 5.92 Å². The molecule has 2 heteroatoms. The zero-order chi connectivity index (χ0) is 14.4. The fourth-order valence-corrected chi connectivity index (χ4v) is 3.05.